The van der Waals surface area contributed by atoms with Crippen LogP contribution in [0.5, 0.6) is 0 Å². The maximum Gasteiger partial charge on any atom is 0.251 e. The number of rotatable bonds is 7. The molecule has 0 unspecified atom stereocenters. The number of nitrogens with one attached hydrogen (secondary N) is 2. The van der Waals surface area contributed by atoms with Crippen LogP contribution in [-0.4, -0.2) is 36.3 Å². The standard InChI is InChI=1S/C20H21ClFN3O2/c1-23-20(27)13-5-7-14(8-6-13)24-19(26)12-25(15-9-10-15)11-16-17(21)3-2-4-18(16)22/h2-8,15H,9-12H2,1H3,(H,23,27)(H,24,26). The Bertz CT molecular complexity index is 817. The zero-order chi connectivity index (χ0) is 19.4. The highest BCUT2D eigenvalue weighted by molar-refractivity contribution is 6.31. The van der Waals surface area contributed by atoms with Crippen molar-refractivity contribution in [1.82, 2.24) is 10.2 Å². The SMILES string of the molecule is CNC(=O)c1ccc(NC(=O)CN(Cc2c(F)cccc2Cl)C2CC2)cc1. The van der Waals surface area contributed by atoms with Gasteiger partial charge in [0.15, 0.2) is 0 Å². The molecule has 0 spiro atoms. The lowest BCUT2D eigenvalue weighted by atomic mass is 10.2. The van der Waals surface area contributed by atoms with Crippen LogP contribution in [0.2, 0.25) is 5.02 Å². The number of carbonyl (C=O) groups is 2. The lowest BCUT2D eigenvalue weighted by Crippen LogP contribution is -2.34. The Morgan fingerprint density at radius 2 is 1.89 bits per heavy atom. The molecule has 0 bridgehead atoms. The van der Waals surface area contributed by atoms with Crippen LogP contribution in [0, 0.1) is 5.82 Å². The molecule has 1 saturated carbocycles. The second-order valence-corrected chi connectivity index (χ2v) is 6.95. The molecule has 0 aliphatic heterocycles. The van der Waals surface area contributed by atoms with Gasteiger partial charge in [-0.15, -0.1) is 0 Å². The Kier molecular flexibility index (Phi) is 6.08. The van der Waals surface area contributed by atoms with Gasteiger partial charge in [-0.05, 0) is 49.2 Å². The third-order valence-electron chi connectivity index (χ3n) is 4.49. The average molecular weight is 390 g/mol. The van der Waals surface area contributed by atoms with Crippen LogP contribution in [0.15, 0.2) is 42.5 Å². The van der Waals surface area contributed by atoms with E-state index in [1.165, 1.54) is 6.07 Å². The molecule has 0 heterocycles. The summed E-state index contributed by atoms with van der Waals surface area (Å²) in [7, 11) is 1.56. The van der Waals surface area contributed by atoms with Gasteiger partial charge in [0, 0.05) is 41.5 Å². The molecule has 2 aromatic rings. The Labute approximate surface area is 162 Å². The van der Waals surface area contributed by atoms with Gasteiger partial charge in [0.1, 0.15) is 5.82 Å². The van der Waals surface area contributed by atoms with Crippen LogP contribution < -0.4 is 10.6 Å². The van der Waals surface area contributed by atoms with Gasteiger partial charge in [-0.2, -0.15) is 0 Å². The van der Waals surface area contributed by atoms with Crippen LogP contribution in [0.4, 0.5) is 10.1 Å². The highest BCUT2D eigenvalue weighted by atomic mass is 35.5. The predicted octanol–water partition coefficient (Wildman–Crippen LogP) is 3.44. The lowest BCUT2D eigenvalue weighted by molar-refractivity contribution is -0.117. The number of hydrogen-bond acceptors (Lipinski definition) is 3. The van der Waals surface area contributed by atoms with Gasteiger partial charge in [-0.3, -0.25) is 14.5 Å². The summed E-state index contributed by atoms with van der Waals surface area (Å²) < 4.78 is 14.1. The molecule has 1 fully saturated rings. The van der Waals surface area contributed by atoms with Crippen molar-refractivity contribution >= 4 is 29.1 Å². The Morgan fingerprint density at radius 1 is 1.19 bits per heavy atom. The van der Waals surface area contributed by atoms with Crippen LogP contribution in [0.1, 0.15) is 28.8 Å². The van der Waals surface area contributed by atoms with E-state index in [1.54, 1.807) is 43.4 Å². The van der Waals surface area contributed by atoms with E-state index >= 15 is 0 Å². The smallest absolute Gasteiger partial charge is 0.251 e. The minimum absolute atomic E-state index is 0.145. The second kappa shape index (κ2) is 8.50. The van der Waals surface area contributed by atoms with Gasteiger partial charge >= 0.3 is 0 Å². The third-order valence-corrected chi connectivity index (χ3v) is 4.84. The highest BCUT2D eigenvalue weighted by Gasteiger charge is 2.31. The number of amides is 2. The number of carbonyl (C=O) groups excluding carboxylic acids is 2. The predicted molar refractivity (Wildman–Crippen MR) is 103 cm³/mol. The minimum atomic E-state index is -0.363. The molecule has 5 nitrogen and oxygen atoms in total. The first-order chi connectivity index (χ1) is 13.0. The van der Waals surface area contributed by atoms with Crippen LogP contribution in [0.3, 0.4) is 0 Å². The molecule has 1 aliphatic rings. The largest absolute Gasteiger partial charge is 0.355 e. The monoisotopic (exact) mass is 389 g/mol. The number of halogens is 2. The van der Waals surface area contributed by atoms with Crippen molar-refractivity contribution in [3.05, 3.63) is 64.4 Å². The molecule has 0 saturated heterocycles. The molecule has 0 atom stereocenters. The average Bonchev–Trinajstić information content (AvgIpc) is 3.49. The zero-order valence-electron chi connectivity index (χ0n) is 15.0. The topological polar surface area (TPSA) is 61.4 Å². The summed E-state index contributed by atoms with van der Waals surface area (Å²) in [4.78, 5) is 25.9. The third kappa shape index (κ3) is 5.05. The highest BCUT2D eigenvalue weighted by Crippen LogP contribution is 2.30. The maximum atomic E-state index is 14.1. The van der Waals surface area contributed by atoms with E-state index in [4.69, 9.17) is 11.6 Å². The molecule has 0 radical (unpaired) electrons. The van der Waals surface area contributed by atoms with Gasteiger partial charge in [0.2, 0.25) is 5.91 Å². The lowest BCUT2D eigenvalue weighted by Gasteiger charge is -2.22. The Balaban J connectivity index is 1.63. The van der Waals surface area contributed by atoms with E-state index in [1.807, 2.05) is 4.90 Å². The first kappa shape index (κ1) is 19.3. The summed E-state index contributed by atoms with van der Waals surface area (Å²) in [6.07, 6.45) is 1.97. The number of nitrogens with zero attached hydrogens (tertiary/aromatic N) is 1. The summed E-state index contributed by atoms with van der Waals surface area (Å²) >= 11 is 6.12. The molecule has 142 valence electrons. The molecule has 0 aromatic heterocycles. The minimum Gasteiger partial charge on any atom is -0.355 e. The molecule has 2 N–H and O–H groups in total. The summed E-state index contributed by atoms with van der Waals surface area (Å²) in [6.45, 7) is 0.436. The fraction of sp³-hybridized carbons (Fsp3) is 0.300. The van der Waals surface area contributed by atoms with Crippen molar-refractivity contribution in [1.29, 1.82) is 0 Å². The Hall–Kier alpha value is -2.44. The van der Waals surface area contributed by atoms with E-state index in [9.17, 15) is 14.0 Å². The fourth-order valence-corrected chi connectivity index (χ4v) is 3.10. The maximum absolute atomic E-state index is 14.1. The van der Waals surface area contributed by atoms with Gasteiger partial charge in [0.05, 0.1) is 6.54 Å². The zero-order valence-corrected chi connectivity index (χ0v) is 15.7. The molecule has 3 rings (SSSR count). The van der Waals surface area contributed by atoms with Gasteiger partial charge < -0.3 is 10.6 Å². The van der Waals surface area contributed by atoms with E-state index < -0.39 is 0 Å². The molecule has 27 heavy (non-hydrogen) atoms. The van der Waals surface area contributed by atoms with E-state index in [-0.39, 0.29) is 30.2 Å². The number of hydrogen-bond donors (Lipinski definition) is 2. The molecule has 7 heteroatoms. The molecule has 2 aromatic carbocycles. The van der Waals surface area contributed by atoms with Crippen LogP contribution >= 0.6 is 11.6 Å². The van der Waals surface area contributed by atoms with E-state index in [0.717, 1.165) is 12.8 Å². The van der Waals surface area contributed by atoms with Crippen molar-refractivity contribution in [2.24, 2.45) is 0 Å². The van der Waals surface area contributed by atoms with Crippen molar-refractivity contribution in [2.45, 2.75) is 25.4 Å². The molecular weight excluding hydrogens is 369 g/mol. The molecular formula is C20H21ClFN3O2. The van der Waals surface area contributed by atoms with Crippen molar-refractivity contribution in [3.8, 4) is 0 Å². The van der Waals surface area contributed by atoms with Gasteiger partial charge in [0.25, 0.3) is 5.91 Å². The summed E-state index contributed by atoms with van der Waals surface area (Å²) in [5, 5.41) is 5.73. The first-order valence-electron chi connectivity index (χ1n) is 8.77. The number of benzene rings is 2. The summed E-state index contributed by atoms with van der Waals surface area (Å²) in [6, 6.07) is 11.5. The van der Waals surface area contributed by atoms with E-state index in [0.29, 0.717) is 28.4 Å². The van der Waals surface area contributed by atoms with Crippen LogP contribution in [-0.2, 0) is 11.3 Å². The molecule has 1 aliphatic carbocycles. The second-order valence-electron chi connectivity index (χ2n) is 6.54. The van der Waals surface area contributed by atoms with Gasteiger partial charge in [-0.1, -0.05) is 17.7 Å². The van der Waals surface area contributed by atoms with E-state index in [2.05, 4.69) is 10.6 Å². The first-order valence-corrected chi connectivity index (χ1v) is 9.14. The van der Waals surface area contributed by atoms with Gasteiger partial charge in [-0.25, -0.2) is 4.39 Å². The molecule has 2 amide bonds. The van der Waals surface area contributed by atoms with Crippen LogP contribution in [0.25, 0.3) is 0 Å². The summed E-state index contributed by atoms with van der Waals surface area (Å²) in [5.41, 5.74) is 1.53. The summed E-state index contributed by atoms with van der Waals surface area (Å²) in [5.74, 6) is -0.741. The number of anilines is 1. The van der Waals surface area contributed by atoms with Crippen molar-refractivity contribution in [3.63, 3.8) is 0 Å². The Morgan fingerprint density at radius 3 is 2.48 bits per heavy atom. The normalized spacial score (nSPS) is 13.5. The fourth-order valence-electron chi connectivity index (χ4n) is 2.87. The van der Waals surface area contributed by atoms with Crippen molar-refractivity contribution < 1.29 is 14.0 Å². The quantitative estimate of drug-likeness (QED) is 0.762. The van der Waals surface area contributed by atoms with Crippen molar-refractivity contribution in [2.75, 3.05) is 18.9 Å².